The van der Waals surface area contributed by atoms with Gasteiger partial charge in [-0.25, -0.2) is 13.1 Å². The lowest BCUT2D eigenvalue weighted by atomic mass is 10.2. The van der Waals surface area contributed by atoms with Crippen LogP contribution in [0.4, 0.5) is 0 Å². The molecule has 0 radical (unpaired) electrons. The Kier molecular flexibility index (Phi) is 8.48. The highest BCUT2D eigenvalue weighted by molar-refractivity contribution is 7.89. The van der Waals surface area contributed by atoms with Crippen molar-refractivity contribution in [3.8, 4) is 0 Å². The third kappa shape index (κ3) is 6.54. The van der Waals surface area contributed by atoms with Crippen molar-refractivity contribution in [2.24, 2.45) is 0 Å². The molecule has 0 fully saturated rings. The molecule has 21 heavy (non-hydrogen) atoms. The van der Waals surface area contributed by atoms with Crippen LogP contribution in [0.15, 0.2) is 29.2 Å². The lowest BCUT2D eigenvalue weighted by molar-refractivity contribution is 0.0736. The quantitative estimate of drug-likeness (QED) is 0.589. The summed E-state index contributed by atoms with van der Waals surface area (Å²) in [7, 11) is -1.92. The van der Waals surface area contributed by atoms with Crippen molar-refractivity contribution in [1.82, 2.24) is 10.0 Å². The molecule has 0 amide bonds. The first kappa shape index (κ1) is 18.1. The number of nitrogens with one attached hydrogen (secondary N) is 2. The third-order valence-electron chi connectivity index (χ3n) is 2.80. The number of sulfonamides is 1. The molecule has 1 aromatic rings. The number of hydrogen-bond acceptors (Lipinski definition) is 5. The lowest BCUT2D eigenvalue weighted by Gasteiger charge is -2.12. The summed E-state index contributed by atoms with van der Waals surface area (Å²) in [4.78, 5) is 0.308. The van der Waals surface area contributed by atoms with E-state index >= 15 is 0 Å². The average molecular weight is 316 g/mol. The van der Waals surface area contributed by atoms with Gasteiger partial charge < -0.3 is 14.8 Å². The van der Waals surface area contributed by atoms with E-state index in [-0.39, 0.29) is 6.54 Å². The van der Waals surface area contributed by atoms with Crippen molar-refractivity contribution in [3.63, 3.8) is 0 Å². The molecule has 0 heterocycles. The van der Waals surface area contributed by atoms with Gasteiger partial charge in [-0.15, -0.1) is 0 Å². The maximum absolute atomic E-state index is 12.3. The zero-order chi connectivity index (χ0) is 15.6. The molecule has 7 heteroatoms. The molecule has 1 rings (SSSR count). The molecule has 1 aromatic carbocycles. The minimum absolute atomic E-state index is 0.238. The van der Waals surface area contributed by atoms with E-state index in [9.17, 15) is 8.42 Å². The Morgan fingerprint density at radius 3 is 2.62 bits per heavy atom. The third-order valence-corrected chi connectivity index (χ3v) is 4.36. The van der Waals surface area contributed by atoms with Gasteiger partial charge in [0.25, 0.3) is 0 Å². The van der Waals surface area contributed by atoms with Gasteiger partial charge >= 0.3 is 0 Å². The Morgan fingerprint density at radius 2 is 1.90 bits per heavy atom. The molecule has 0 unspecified atom stereocenters. The normalized spacial score (nSPS) is 11.7. The van der Waals surface area contributed by atoms with E-state index in [2.05, 4.69) is 10.0 Å². The zero-order valence-electron chi connectivity index (χ0n) is 12.6. The summed E-state index contributed by atoms with van der Waals surface area (Å²) in [6, 6.07) is 6.98. The minimum atomic E-state index is -3.52. The Hall–Kier alpha value is -0.990. The topological polar surface area (TPSA) is 76.7 Å². The summed E-state index contributed by atoms with van der Waals surface area (Å²) in [5.41, 5.74) is 0.757. The van der Waals surface area contributed by atoms with E-state index < -0.39 is 10.0 Å². The maximum Gasteiger partial charge on any atom is 0.240 e. The van der Waals surface area contributed by atoms with E-state index in [0.29, 0.717) is 31.3 Å². The predicted octanol–water partition coefficient (Wildman–Crippen LogP) is 0.737. The summed E-state index contributed by atoms with van der Waals surface area (Å²) in [6.07, 6.45) is 0. The number of methoxy groups -OCH3 is 1. The average Bonchev–Trinajstić information content (AvgIpc) is 2.49. The Morgan fingerprint density at radius 1 is 1.14 bits per heavy atom. The van der Waals surface area contributed by atoms with Crippen molar-refractivity contribution < 1.29 is 17.9 Å². The van der Waals surface area contributed by atoms with Crippen LogP contribution in [0.5, 0.6) is 0 Å². The van der Waals surface area contributed by atoms with Crippen molar-refractivity contribution >= 4 is 10.0 Å². The van der Waals surface area contributed by atoms with Crippen LogP contribution in [0.25, 0.3) is 0 Å². The summed E-state index contributed by atoms with van der Waals surface area (Å²) < 4.78 is 37.2. The second-order valence-corrected chi connectivity index (χ2v) is 6.13. The first-order valence-corrected chi connectivity index (χ1v) is 8.45. The van der Waals surface area contributed by atoms with Crippen LogP contribution in [-0.2, 0) is 26.0 Å². The molecular formula is C14H24N2O4S. The van der Waals surface area contributed by atoms with Gasteiger partial charge in [-0.05, 0) is 18.2 Å². The van der Waals surface area contributed by atoms with E-state index in [1.165, 1.54) is 0 Å². The van der Waals surface area contributed by atoms with E-state index in [1.54, 1.807) is 19.2 Å². The fourth-order valence-corrected chi connectivity index (χ4v) is 2.99. The van der Waals surface area contributed by atoms with Gasteiger partial charge in [0.15, 0.2) is 0 Å². The Balaban J connectivity index is 2.57. The van der Waals surface area contributed by atoms with Crippen LogP contribution in [-0.4, -0.2) is 48.4 Å². The van der Waals surface area contributed by atoms with E-state index in [0.717, 1.165) is 12.1 Å². The molecule has 120 valence electrons. The van der Waals surface area contributed by atoms with Crippen molar-refractivity contribution in [2.75, 3.05) is 40.0 Å². The maximum atomic E-state index is 12.3. The summed E-state index contributed by atoms with van der Waals surface area (Å²) in [5, 5.41) is 3.14. The zero-order valence-corrected chi connectivity index (χ0v) is 13.4. The first-order valence-electron chi connectivity index (χ1n) is 6.96. The van der Waals surface area contributed by atoms with E-state index in [4.69, 9.17) is 9.47 Å². The molecule has 0 aromatic heterocycles. The molecule has 0 spiro atoms. The van der Waals surface area contributed by atoms with Gasteiger partial charge in [-0.3, -0.25) is 0 Å². The summed E-state index contributed by atoms with van der Waals surface area (Å²) in [5.74, 6) is 0. The highest BCUT2D eigenvalue weighted by atomic mass is 32.2. The van der Waals surface area contributed by atoms with Crippen molar-refractivity contribution in [2.45, 2.75) is 18.4 Å². The van der Waals surface area contributed by atoms with Gasteiger partial charge in [0.1, 0.15) is 0 Å². The largest absolute Gasteiger partial charge is 0.382 e. The monoisotopic (exact) mass is 316 g/mol. The summed E-state index contributed by atoms with van der Waals surface area (Å²) >= 11 is 0. The lowest BCUT2D eigenvalue weighted by Crippen LogP contribution is -2.29. The molecule has 0 atom stereocenters. The number of benzene rings is 1. The highest BCUT2D eigenvalue weighted by Gasteiger charge is 2.17. The number of hydrogen-bond donors (Lipinski definition) is 2. The van der Waals surface area contributed by atoms with Crippen molar-refractivity contribution in [3.05, 3.63) is 29.8 Å². The van der Waals surface area contributed by atoms with Crippen LogP contribution >= 0.6 is 0 Å². The second-order valence-electron chi connectivity index (χ2n) is 4.39. The molecule has 0 aliphatic carbocycles. The predicted molar refractivity (Wildman–Crippen MR) is 81.7 cm³/mol. The molecule has 0 bridgehead atoms. The number of ether oxygens (including phenoxy) is 2. The van der Waals surface area contributed by atoms with Gasteiger partial charge in [0, 0.05) is 20.2 Å². The Labute approximate surface area is 126 Å². The molecule has 0 saturated carbocycles. The van der Waals surface area contributed by atoms with Crippen LogP contribution in [0.1, 0.15) is 12.5 Å². The summed E-state index contributed by atoms with van der Waals surface area (Å²) in [6.45, 7) is 4.80. The Bertz CT molecular complexity index is 505. The van der Waals surface area contributed by atoms with Gasteiger partial charge in [-0.2, -0.15) is 0 Å². The van der Waals surface area contributed by atoms with Crippen molar-refractivity contribution in [1.29, 1.82) is 0 Å². The van der Waals surface area contributed by atoms with Crippen LogP contribution < -0.4 is 10.0 Å². The molecule has 0 aliphatic heterocycles. The van der Waals surface area contributed by atoms with Gasteiger partial charge in [0.05, 0.1) is 24.7 Å². The van der Waals surface area contributed by atoms with Gasteiger partial charge in [-0.1, -0.05) is 25.1 Å². The fourth-order valence-electron chi connectivity index (χ4n) is 1.74. The van der Waals surface area contributed by atoms with Crippen LogP contribution in [0.2, 0.25) is 0 Å². The standard InChI is InChI=1S/C14H24N2O4S/c1-3-15-12-13-6-4-5-7-14(13)21(17,18)16-8-9-20-11-10-19-2/h4-7,15-16H,3,8-12H2,1-2H3. The number of rotatable bonds is 11. The molecular weight excluding hydrogens is 292 g/mol. The van der Waals surface area contributed by atoms with Crippen LogP contribution in [0.3, 0.4) is 0 Å². The van der Waals surface area contributed by atoms with Gasteiger partial charge in [0.2, 0.25) is 10.0 Å². The minimum Gasteiger partial charge on any atom is -0.382 e. The smallest absolute Gasteiger partial charge is 0.240 e. The first-order chi connectivity index (χ1) is 10.1. The SMILES string of the molecule is CCNCc1ccccc1S(=O)(=O)NCCOCCOC. The molecule has 2 N–H and O–H groups in total. The van der Waals surface area contributed by atoms with Crippen LogP contribution in [0, 0.1) is 0 Å². The second kappa shape index (κ2) is 9.86. The molecule has 6 nitrogen and oxygen atoms in total. The molecule has 0 aliphatic rings. The highest BCUT2D eigenvalue weighted by Crippen LogP contribution is 2.14. The molecule has 0 saturated heterocycles. The fraction of sp³-hybridized carbons (Fsp3) is 0.571. The van der Waals surface area contributed by atoms with E-state index in [1.807, 2.05) is 19.1 Å².